The molecular weight excluding hydrogens is 837 g/mol. The Labute approximate surface area is 392 Å². The Morgan fingerprint density at radius 2 is 0.803 bits per heavy atom. The van der Waals surface area contributed by atoms with E-state index in [-0.39, 0.29) is 33.0 Å². The highest BCUT2D eigenvalue weighted by molar-refractivity contribution is 5.18. The maximum Gasteiger partial charge on any atom is 0.187 e. The number of methoxy groups -OCH3 is 1. The fraction of sp³-hybridized carbons (Fsp3) is 0.345. The van der Waals surface area contributed by atoms with Crippen LogP contribution in [0.3, 0.4) is 0 Å². The quantitative estimate of drug-likeness (QED) is 0.0668. The van der Waals surface area contributed by atoms with Crippen LogP contribution in [0.4, 0.5) is 0 Å². The van der Waals surface area contributed by atoms with Crippen LogP contribution in [0.5, 0.6) is 0 Å². The first-order valence-corrected chi connectivity index (χ1v) is 22.3. The van der Waals surface area contributed by atoms with E-state index in [1.165, 1.54) is 0 Å². The molecule has 346 valence electrons. The van der Waals surface area contributed by atoms with Crippen molar-refractivity contribution in [3.8, 4) is 0 Å². The van der Waals surface area contributed by atoms with Crippen molar-refractivity contribution in [1.82, 2.24) is 0 Å². The van der Waals surface area contributed by atoms with Crippen LogP contribution in [0.15, 0.2) is 182 Å². The van der Waals surface area contributed by atoms with Crippen molar-refractivity contribution in [3.63, 3.8) is 0 Å². The molecule has 2 aliphatic heterocycles. The third-order valence-electron chi connectivity index (χ3n) is 11.3. The summed E-state index contributed by atoms with van der Waals surface area (Å²) in [6, 6.07) is 56.2. The second-order valence-electron chi connectivity index (χ2n) is 16.1. The third kappa shape index (κ3) is 13.5. The van der Waals surface area contributed by atoms with Gasteiger partial charge in [-0.05, 0) is 33.4 Å². The summed E-state index contributed by atoms with van der Waals surface area (Å²) >= 11 is 0. The molecule has 8 rings (SSSR count). The minimum absolute atomic E-state index is 0.00877. The highest BCUT2D eigenvalue weighted by Crippen LogP contribution is 2.36. The van der Waals surface area contributed by atoms with Crippen LogP contribution in [0.1, 0.15) is 37.5 Å². The van der Waals surface area contributed by atoms with Gasteiger partial charge in [0.2, 0.25) is 0 Å². The Morgan fingerprint density at radius 3 is 1.30 bits per heavy atom. The van der Waals surface area contributed by atoms with E-state index in [1.54, 1.807) is 67.8 Å². The average molecular weight is 900 g/mol. The summed E-state index contributed by atoms with van der Waals surface area (Å²) < 4.78 is 93.3. The van der Waals surface area contributed by atoms with Crippen molar-refractivity contribution in [2.75, 3.05) is 20.3 Å². The van der Waals surface area contributed by atoms with Crippen LogP contribution >= 0.6 is 0 Å². The summed E-state index contributed by atoms with van der Waals surface area (Å²) in [7, 11) is 1.54. The standard InChI is InChI=1S/C55H60O11/c1-57-54-53(63-37-45-30-18-7-19-31-45)51(61-35-43-26-14-5-15-27-43)49(47(65-54)39-59-33-41-22-10-3-11-23-41)66-55-52(62-36-44-28-16-6-17-29-44)50(60-34-42-24-12-4-13-25-42)48(56)46(64-55)38-58-32-40-20-8-2-9-21-40/h2-31,46-56H,32-39H2,1H3/t46-,47-,48+,49-,50+,51+,52-,53-,54+,55?/m1/s1/i32D,34D,36D/t32?,34?,36?,46-,47-,48+,49-,50+,51+,52-,53-,54+,55?. The Balaban J connectivity index is 1.18. The largest absolute Gasteiger partial charge is 0.387 e. The Kier molecular flexibility index (Phi) is 16.5. The highest BCUT2D eigenvalue weighted by atomic mass is 16.8. The summed E-state index contributed by atoms with van der Waals surface area (Å²) in [5, 5.41) is 12.3. The first kappa shape index (κ1) is 43.5. The van der Waals surface area contributed by atoms with Gasteiger partial charge in [0, 0.05) is 7.11 Å². The van der Waals surface area contributed by atoms with Crippen LogP contribution in [0.25, 0.3) is 0 Å². The lowest BCUT2D eigenvalue weighted by atomic mass is 9.96. The fourth-order valence-corrected chi connectivity index (χ4v) is 7.87. The van der Waals surface area contributed by atoms with Gasteiger partial charge in [0.1, 0.15) is 48.8 Å². The second-order valence-corrected chi connectivity index (χ2v) is 16.1. The van der Waals surface area contributed by atoms with Crippen LogP contribution in [0.2, 0.25) is 0 Å². The van der Waals surface area contributed by atoms with E-state index in [4.69, 9.17) is 48.7 Å². The second kappa shape index (κ2) is 25.1. The van der Waals surface area contributed by atoms with Crippen molar-refractivity contribution < 1.29 is 56.6 Å². The average Bonchev–Trinajstić information content (AvgIpc) is 3.40. The normalized spacial score (nSPS) is 27.5. The number of aliphatic hydroxyl groups is 1. The Morgan fingerprint density at radius 1 is 0.409 bits per heavy atom. The summed E-state index contributed by atoms with van der Waals surface area (Å²) in [6.07, 6.45) is -11.5. The molecule has 0 amide bonds. The third-order valence-corrected chi connectivity index (χ3v) is 11.3. The zero-order valence-corrected chi connectivity index (χ0v) is 36.9. The Hall–Kier alpha value is -5.12. The van der Waals surface area contributed by atoms with Crippen molar-refractivity contribution in [2.45, 2.75) is 101 Å². The molecule has 13 atom stereocenters. The number of aliphatic hydroxyl groups excluding tert-OH is 1. The molecule has 11 nitrogen and oxygen atoms in total. The van der Waals surface area contributed by atoms with E-state index in [9.17, 15) is 7.85 Å². The maximum atomic E-state index is 12.3. The SMILES string of the molecule is [2H]C(OC[C@H]1OC(O[C@H]2[C@H](OCc3ccccc3)[C@@H](OCc3ccccc3)[C@@H](OC)O[C@@H]2COCc2ccccc2)[C@H](OC([2H])c2ccccc2)[C@@H](OC([2H])c2ccccc2)[C@H]1O)c1ccccc1. The first-order chi connectivity index (χ1) is 33.8. The van der Waals surface area contributed by atoms with Gasteiger partial charge in [0.25, 0.3) is 0 Å². The predicted octanol–water partition coefficient (Wildman–Crippen LogP) is 8.60. The molecule has 0 saturated carbocycles. The molecule has 0 bridgehead atoms. The molecule has 6 aromatic rings. The Bertz CT molecular complexity index is 2350. The molecule has 2 heterocycles. The summed E-state index contributed by atoms with van der Waals surface area (Å²) in [5.74, 6) is 0. The van der Waals surface area contributed by atoms with Crippen molar-refractivity contribution in [2.24, 2.45) is 0 Å². The number of benzene rings is 6. The number of rotatable bonds is 23. The lowest BCUT2D eigenvalue weighted by Crippen LogP contribution is -2.66. The van der Waals surface area contributed by atoms with Gasteiger partial charge in [0.05, 0.1) is 56.9 Å². The summed E-state index contributed by atoms with van der Waals surface area (Å²) in [6.45, 7) is -3.40. The van der Waals surface area contributed by atoms with Gasteiger partial charge in [-0.1, -0.05) is 182 Å². The molecule has 0 radical (unpaired) electrons. The molecule has 6 aromatic carbocycles. The molecule has 0 spiro atoms. The molecule has 0 aromatic heterocycles. The predicted molar refractivity (Wildman–Crippen MR) is 247 cm³/mol. The van der Waals surface area contributed by atoms with E-state index >= 15 is 0 Å². The molecule has 11 heteroatoms. The van der Waals surface area contributed by atoms with E-state index in [2.05, 4.69) is 0 Å². The molecule has 2 saturated heterocycles. The summed E-state index contributed by atoms with van der Waals surface area (Å²) in [4.78, 5) is 0. The highest BCUT2D eigenvalue weighted by Gasteiger charge is 2.54. The van der Waals surface area contributed by atoms with Gasteiger partial charge in [-0.25, -0.2) is 0 Å². The molecular formula is C55H60O11. The van der Waals surface area contributed by atoms with Gasteiger partial charge >= 0.3 is 0 Å². The topological polar surface area (TPSA) is 113 Å². The lowest BCUT2D eigenvalue weighted by Gasteiger charge is -2.49. The van der Waals surface area contributed by atoms with E-state index in [0.717, 1.165) is 16.7 Å². The smallest absolute Gasteiger partial charge is 0.187 e. The minimum Gasteiger partial charge on any atom is -0.387 e. The van der Waals surface area contributed by atoms with Crippen molar-refractivity contribution in [1.29, 1.82) is 0 Å². The van der Waals surface area contributed by atoms with Crippen LogP contribution in [-0.2, 0) is 86.9 Å². The summed E-state index contributed by atoms with van der Waals surface area (Å²) in [5.41, 5.74) is 4.40. The zero-order valence-electron chi connectivity index (χ0n) is 39.9. The maximum absolute atomic E-state index is 12.3. The van der Waals surface area contributed by atoms with Crippen molar-refractivity contribution in [3.05, 3.63) is 215 Å². The minimum atomic E-state index is -1.49. The van der Waals surface area contributed by atoms with Crippen LogP contribution in [0, 0.1) is 0 Å². The molecule has 4 unspecified atom stereocenters. The molecule has 0 aliphatic carbocycles. The molecule has 66 heavy (non-hydrogen) atoms. The van der Waals surface area contributed by atoms with E-state index < -0.39 is 81.2 Å². The first-order valence-electron chi connectivity index (χ1n) is 24.0. The van der Waals surface area contributed by atoms with Crippen LogP contribution in [-0.4, -0.2) is 86.8 Å². The molecule has 2 aliphatic rings. The zero-order chi connectivity index (χ0) is 47.8. The number of hydrogen-bond donors (Lipinski definition) is 1. The van der Waals surface area contributed by atoms with Gasteiger partial charge < -0.3 is 52.5 Å². The van der Waals surface area contributed by atoms with E-state index in [0.29, 0.717) is 16.7 Å². The van der Waals surface area contributed by atoms with Gasteiger partial charge in [-0.15, -0.1) is 0 Å². The van der Waals surface area contributed by atoms with E-state index in [1.807, 2.05) is 121 Å². The van der Waals surface area contributed by atoms with Gasteiger partial charge in [-0.2, -0.15) is 0 Å². The number of hydrogen-bond acceptors (Lipinski definition) is 11. The van der Waals surface area contributed by atoms with Gasteiger partial charge in [0.15, 0.2) is 12.6 Å². The molecule has 2 fully saturated rings. The van der Waals surface area contributed by atoms with Gasteiger partial charge in [-0.3, -0.25) is 0 Å². The van der Waals surface area contributed by atoms with Crippen LogP contribution < -0.4 is 0 Å². The number of ether oxygens (including phenoxy) is 10. The van der Waals surface area contributed by atoms with Crippen molar-refractivity contribution >= 4 is 0 Å². The molecule has 1 N–H and O–H groups in total. The lowest BCUT2D eigenvalue weighted by molar-refractivity contribution is -0.373. The fourth-order valence-electron chi connectivity index (χ4n) is 7.87. The monoisotopic (exact) mass is 899 g/mol.